The predicted molar refractivity (Wildman–Crippen MR) is 105 cm³/mol. The molecule has 7 heteroatoms. The molecule has 6 nitrogen and oxygen atoms in total. The highest BCUT2D eigenvalue weighted by Crippen LogP contribution is 2.23. The maximum Gasteiger partial charge on any atom is 0.244 e. The number of benzene rings is 2. The van der Waals surface area contributed by atoms with Gasteiger partial charge in [0.05, 0.1) is 16.9 Å². The Hall–Kier alpha value is -3.12. The van der Waals surface area contributed by atoms with E-state index >= 15 is 0 Å². The Kier molecular flexibility index (Phi) is 4.66. The maximum atomic E-state index is 6.16. The van der Waals surface area contributed by atoms with Crippen LogP contribution in [0.2, 0.25) is 5.02 Å². The lowest BCUT2D eigenvalue weighted by molar-refractivity contribution is 0.931. The minimum absolute atomic E-state index is 0.474. The summed E-state index contributed by atoms with van der Waals surface area (Å²) in [6.45, 7) is 0.707. The van der Waals surface area contributed by atoms with E-state index in [0.717, 1.165) is 17.6 Å². The standard InChI is InChI=1S/C19H17ClN6/c20-15-6-2-4-8-17(15)24-18-12-23-26-19(25-18)21-10-9-13-11-22-16-7-3-1-5-14(13)16/h1-8,11-12,22H,9-10H2,(H2,21,24,25,26). The van der Waals surface area contributed by atoms with E-state index in [1.165, 1.54) is 10.9 Å². The molecule has 130 valence electrons. The van der Waals surface area contributed by atoms with Crippen LogP contribution in [-0.2, 0) is 6.42 Å². The van der Waals surface area contributed by atoms with Crippen LogP contribution in [0.25, 0.3) is 10.9 Å². The zero-order chi connectivity index (χ0) is 17.8. The molecule has 26 heavy (non-hydrogen) atoms. The summed E-state index contributed by atoms with van der Waals surface area (Å²) in [6.07, 6.45) is 4.46. The van der Waals surface area contributed by atoms with Gasteiger partial charge in [0.15, 0.2) is 5.82 Å². The summed E-state index contributed by atoms with van der Waals surface area (Å²) in [7, 11) is 0. The van der Waals surface area contributed by atoms with Crippen LogP contribution in [0.4, 0.5) is 17.5 Å². The van der Waals surface area contributed by atoms with Gasteiger partial charge in [-0.05, 0) is 30.2 Å². The van der Waals surface area contributed by atoms with Crippen molar-refractivity contribution in [3.05, 3.63) is 71.5 Å². The van der Waals surface area contributed by atoms with E-state index in [1.807, 2.05) is 42.6 Å². The van der Waals surface area contributed by atoms with Gasteiger partial charge in [-0.3, -0.25) is 0 Å². The van der Waals surface area contributed by atoms with Gasteiger partial charge < -0.3 is 15.6 Å². The van der Waals surface area contributed by atoms with Crippen molar-refractivity contribution in [2.24, 2.45) is 0 Å². The van der Waals surface area contributed by atoms with Crippen LogP contribution < -0.4 is 10.6 Å². The number of nitrogens with zero attached hydrogens (tertiary/aromatic N) is 3. The first kappa shape index (κ1) is 16.4. The number of aromatic amines is 1. The van der Waals surface area contributed by atoms with Crippen molar-refractivity contribution in [1.82, 2.24) is 20.2 Å². The Morgan fingerprint density at radius 2 is 1.88 bits per heavy atom. The van der Waals surface area contributed by atoms with Gasteiger partial charge in [-0.25, -0.2) is 0 Å². The number of rotatable bonds is 6. The van der Waals surface area contributed by atoms with Gasteiger partial charge in [-0.2, -0.15) is 10.1 Å². The van der Waals surface area contributed by atoms with Gasteiger partial charge in [-0.15, -0.1) is 5.10 Å². The van der Waals surface area contributed by atoms with E-state index in [9.17, 15) is 0 Å². The van der Waals surface area contributed by atoms with E-state index in [0.29, 0.717) is 23.3 Å². The fourth-order valence-corrected chi connectivity index (χ4v) is 2.97. The average molecular weight is 365 g/mol. The zero-order valence-electron chi connectivity index (χ0n) is 13.9. The number of fused-ring (bicyclic) bond motifs is 1. The first-order valence-corrected chi connectivity index (χ1v) is 8.67. The van der Waals surface area contributed by atoms with Crippen molar-refractivity contribution in [3.63, 3.8) is 0 Å². The van der Waals surface area contributed by atoms with Gasteiger partial charge in [0.25, 0.3) is 0 Å². The molecule has 0 unspecified atom stereocenters. The molecule has 2 aromatic heterocycles. The van der Waals surface area contributed by atoms with Gasteiger partial charge in [0.2, 0.25) is 5.95 Å². The summed E-state index contributed by atoms with van der Waals surface area (Å²) in [5, 5.41) is 16.3. The summed E-state index contributed by atoms with van der Waals surface area (Å²) in [5.74, 6) is 1.06. The quantitative estimate of drug-likeness (QED) is 0.472. The van der Waals surface area contributed by atoms with Gasteiger partial charge in [0, 0.05) is 23.6 Å². The molecule has 0 aliphatic heterocycles. The fraction of sp³-hybridized carbons (Fsp3) is 0.105. The predicted octanol–water partition coefficient (Wildman–Crippen LogP) is 4.40. The molecule has 2 aromatic carbocycles. The number of aromatic nitrogens is 4. The monoisotopic (exact) mass is 364 g/mol. The molecule has 0 saturated carbocycles. The molecule has 0 atom stereocenters. The molecule has 2 heterocycles. The van der Waals surface area contributed by atoms with Crippen molar-refractivity contribution in [1.29, 1.82) is 0 Å². The molecule has 3 N–H and O–H groups in total. The van der Waals surface area contributed by atoms with E-state index in [4.69, 9.17) is 11.6 Å². The summed E-state index contributed by atoms with van der Waals surface area (Å²) in [6, 6.07) is 15.7. The maximum absolute atomic E-state index is 6.16. The lowest BCUT2D eigenvalue weighted by Crippen LogP contribution is -2.09. The molecule has 0 amide bonds. The Balaban J connectivity index is 1.40. The number of hydrogen-bond acceptors (Lipinski definition) is 5. The van der Waals surface area contributed by atoms with Crippen molar-refractivity contribution < 1.29 is 0 Å². The highest BCUT2D eigenvalue weighted by Gasteiger charge is 2.05. The van der Waals surface area contributed by atoms with E-state index in [-0.39, 0.29) is 0 Å². The molecular formula is C19H17ClN6. The molecule has 0 spiro atoms. The van der Waals surface area contributed by atoms with Crippen molar-refractivity contribution >= 4 is 40.0 Å². The third kappa shape index (κ3) is 3.60. The lowest BCUT2D eigenvalue weighted by Gasteiger charge is -2.08. The van der Waals surface area contributed by atoms with Crippen molar-refractivity contribution in [3.8, 4) is 0 Å². The van der Waals surface area contributed by atoms with Gasteiger partial charge >= 0.3 is 0 Å². The Bertz CT molecular complexity index is 1030. The highest BCUT2D eigenvalue weighted by molar-refractivity contribution is 6.33. The first-order chi connectivity index (χ1) is 12.8. The van der Waals surface area contributed by atoms with E-state index in [1.54, 1.807) is 6.20 Å². The number of para-hydroxylation sites is 2. The van der Waals surface area contributed by atoms with Crippen LogP contribution >= 0.6 is 11.6 Å². The van der Waals surface area contributed by atoms with Gasteiger partial charge in [0.1, 0.15) is 0 Å². The van der Waals surface area contributed by atoms with Gasteiger partial charge in [-0.1, -0.05) is 41.9 Å². The van der Waals surface area contributed by atoms with Crippen molar-refractivity contribution in [2.75, 3.05) is 17.2 Å². The molecule has 4 rings (SSSR count). The first-order valence-electron chi connectivity index (χ1n) is 8.30. The van der Waals surface area contributed by atoms with Crippen LogP contribution in [0.1, 0.15) is 5.56 Å². The Labute approximate surface area is 155 Å². The normalized spacial score (nSPS) is 10.8. The summed E-state index contributed by atoms with van der Waals surface area (Å²) in [5.41, 5.74) is 3.18. The number of halogens is 1. The van der Waals surface area contributed by atoms with Crippen LogP contribution in [0.15, 0.2) is 60.9 Å². The van der Waals surface area contributed by atoms with E-state index < -0.39 is 0 Å². The molecule has 0 aliphatic carbocycles. The summed E-state index contributed by atoms with van der Waals surface area (Å²) < 4.78 is 0. The smallest absolute Gasteiger partial charge is 0.244 e. The number of nitrogens with one attached hydrogen (secondary N) is 3. The lowest BCUT2D eigenvalue weighted by atomic mass is 10.1. The molecule has 0 fully saturated rings. The molecular weight excluding hydrogens is 348 g/mol. The molecule has 4 aromatic rings. The fourth-order valence-electron chi connectivity index (χ4n) is 2.79. The largest absolute Gasteiger partial charge is 0.361 e. The second-order valence-electron chi connectivity index (χ2n) is 5.81. The second kappa shape index (κ2) is 7.41. The average Bonchev–Trinajstić information content (AvgIpc) is 3.07. The Morgan fingerprint density at radius 3 is 2.81 bits per heavy atom. The second-order valence-corrected chi connectivity index (χ2v) is 6.21. The Morgan fingerprint density at radius 1 is 1.04 bits per heavy atom. The van der Waals surface area contributed by atoms with Crippen LogP contribution in [0.3, 0.4) is 0 Å². The molecule has 0 saturated heterocycles. The minimum atomic E-state index is 0.474. The SMILES string of the molecule is Clc1ccccc1Nc1cnnc(NCCc2c[nH]c3ccccc23)n1. The number of H-pyrrole nitrogens is 1. The molecule has 0 radical (unpaired) electrons. The topological polar surface area (TPSA) is 78.5 Å². The number of anilines is 3. The summed E-state index contributed by atoms with van der Waals surface area (Å²) >= 11 is 6.16. The third-order valence-corrected chi connectivity index (χ3v) is 4.38. The summed E-state index contributed by atoms with van der Waals surface area (Å²) in [4.78, 5) is 7.71. The third-order valence-electron chi connectivity index (χ3n) is 4.05. The van der Waals surface area contributed by atoms with Crippen molar-refractivity contribution in [2.45, 2.75) is 6.42 Å². The van der Waals surface area contributed by atoms with E-state index in [2.05, 4.69) is 42.9 Å². The highest BCUT2D eigenvalue weighted by atomic mass is 35.5. The minimum Gasteiger partial charge on any atom is -0.361 e. The zero-order valence-corrected chi connectivity index (χ0v) is 14.7. The van der Waals surface area contributed by atoms with Crippen LogP contribution in [0.5, 0.6) is 0 Å². The molecule has 0 aliphatic rings. The number of hydrogen-bond donors (Lipinski definition) is 3. The van der Waals surface area contributed by atoms with Crippen LogP contribution in [0, 0.1) is 0 Å². The molecule has 0 bridgehead atoms. The van der Waals surface area contributed by atoms with Crippen LogP contribution in [-0.4, -0.2) is 26.7 Å².